The maximum absolute atomic E-state index is 13.2. The van der Waals surface area contributed by atoms with Gasteiger partial charge in [-0.25, -0.2) is 0 Å². The molecule has 2 aromatic carbocycles. The van der Waals surface area contributed by atoms with Crippen molar-refractivity contribution in [3.8, 4) is 17.2 Å². The monoisotopic (exact) mass is 483 g/mol. The van der Waals surface area contributed by atoms with E-state index in [1.807, 2.05) is 20.8 Å². The largest absolute Gasteiger partial charge is 0.507 e. The van der Waals surface area contributed by atoms with E-state index in [2.05, 4.69) is 0 Å². The number of carbonyl (C=O) groups is 2. The number of ketones is 1. The Kier molecular flexibility index (Phi) is 8.40. The molecule has 1 aliphatic heterocycles. The summed E-state index contributed by atoms with van der Waals surface area (Å²) in [6.07, 6.45) is 0.503. The highest BCUT2D eigenvalue weighted by Crippen LogP contribution is 2.42. The van der Waals surface area contributed by atoms with Gasteiger partial charge in [-0.1, -0.05) is 19.9 Å². The lowest BCUT2D eigenvalue weighted by molar-refractivity contribution is -0.140. The molecule has 2 N–H and O–H groups in total. The molecule has 1 heterocycles. The lowest BCUT2D eigenvalue weighted by atomic mass is 9.93. The Labute approximate surface area is 205 Å². The number of ether oxygens (including phenoxy) is 3. The summed E-state index contributed by atoms with van der Waals surface area (Å²) in [5.74, 6) is -0.819. The molecule has 2 aromatic rings. The third kappa shape index (κ3) is 5.27. The molecule has 0 bridgehead atoms. The molecule has 0 saturated carbocycles. The third-order valence-corrected chi connectivity index (χ3v) is 6.01. The fraction of sp³-hybridized carbons (Fsp3) is 0.407. The van der Waals surface area contributed by atoms with E-state index in [9.17, 15) is 19.8 Å². The Bertz CT molecular complexity index is 1120. The standard InChI is InChI=1S/C27H33NO7/c1-6-35-21-10-9-18(14-19(21)16(2)3)25(30)23-24(17-8-11-22(34-5)20(29)15-17)28(12-7-13-33-4)27(32)26(23)31/h8-11,14-16,24,29-30H,6-7,12-13H2,1-5H3/b25-23-. The number of methoxy groups -OCH3 is 2. The first-order valence-corrected chi connectivity index (χ1v) is 11.7. The predicted octanol–water partition coefficient (Wildman–Crippen LogP) is 4.38. The molecule has 3 rings (SSSR count). The van der Waals surface area contributed by atoms with E-state index < -0.39 is 17.7 Å². The number of hydrogen-bond acceptors (Lipinski definition) is 7. The van der Waals surface area contributed by atoms with Crippen LogP contribution in [0.1, 0.15) is 55.8 Å². The van der Waals surface area contributed by atoms with E-state index in [0.29, 0.717) is 36.5 Å². The molecule has 1 saturated heterocycles. The number of aliphatic hydroxyl groups excluding tert-OH is 1. The van der Waals surface area contributed by atoms with Gasteiger partial charge in [0.1, 0.15) is 11.5 Å². The third-order valence-electron chi connectivity index (χ3n) is 6.01. The van der Waals surface area contributed by atoms with Crippen LogP contribution in [0.5, 0.6) is 17.2 Å². The highest BCUT2D eigenvalue weighted by molar-refractivity contribution is 6.46. The Morgan fingerprint density at radius 3 is 2.40 bits per heavy atom. The van der Waals surface area contributed by atoms with Crippen LogP contribution in [0.15, 0.2) is 42.0 Å². The fourth-order valence-corrected chi connectivity index (χ4v) is 4.30. The molecular weight excluding hydrogens is 450 g/mol. The Morgan fingerprint density at radius 2 is 1.80 bits per heavy atom. The van der Waals surface area contributed by atoms with E-state index in [1.165, 1.54) is 18.1 Å². The molecule has 0 spiro atoms. The second-order valence-electron chi connectivity index (χ2n) is 8.61. The molecule has 35 heavy (non-hydrogen) atoms. The number of carbonyl (C=O) groups excluding carboxylic acids is 2. The number of aliphatic hydroxyl groups is 1. The molecule has 0 radical (unpaired) electrons. The van der Waals surface area contributed by atoms with Crippen LogP contribution in [0.3, 0.4) is 0 Å². The Balaban J connectivity index is 2.17. The smallest absolute Gasteiger partial charge is 0.295 e. The molecule has 8 nitrogen and oxygen atoms in total. The molecule has 1 amide bonds. The normalized spacial score (nSPS) is 17.3. The lowest BCUT2D eigenvalue weighted by Crippen LogP contribution is -2.31. The highest BCUT2D eigenvalue weighted by atomic mass is 16.5. The van der Waals surface area contributed by atoms with Crippen molar-refractivity contribution in [2.24, 2.45) is 0 Å². The van der Waals surface area contributed by atoms with Gasteiger partial charge in [0.25, 0.3) is 11.7 Å². The van der Waals surface area contributed by atoms with Crippen molar-refractivity contribution < 1.29 is 34.0 Å². The number of nitrogens with zero attached hydrogens (tertiary/aromatic N) is 1. The molecule has 1 fully saturated rings. The van der Waals surface area contributed by atoms with E-state index in [4.69, 9.17) is 14.2 Å². The summed E-state index contributed by atoms with van der Waals surface area (Å²) in [6.45, 7) is 7.06. The van der Waals surface area contributed by atoms with Crippen LogP contribution in [-0.2, 0) is 14.3 Å². The van der Waals surface area contributed by atoms with E-state index in [0.717, 1.165) is 5.56 Å². The molecule has 1 atom stereocenters. The van der Waals surface area contributed by atoms with Crippen LogP contribution in [0, 0.1) is 0 Å². The Morgan fingerprint density at radius 1 is 1.09 bits per heavy atom. The number of aromatic hydroxyl groups is 1. The van der Waals surface area contributed by atoms with Crippen LogP contribution in [0.2, 0.25) is 0 Å². The summed E-state index contributed by atoms with van der Waals surface area (Å²) in [7, 11) is 3.00. The summed E-state index contributed by atoms with van der Waals surface area (Å²) in [6, 6.07) is 9.02. The molecular formula is C27H33NO7. The van der Waals surface area contributed by atoms with Crippen LogP contribution in [0.25, 0.3) is 5.76 Å². The summed E-state index contributed by atoms with van der Waals surface area (Å²) in [5, 5.41) is 21.7. The number of phenolic OH excluding ortho intramolecular Hbond substituents is 1. The zero-order chi connectivity index (χ0) is 25.7. The van der Waals surface area contributed by atoms with Gasteiger partial charge in [-0.2, -0.15) is 0 Å². The number of rotatable bonds is 10. The average molecular weight is 484 g/mol. The molecule has 1 unspecified atom stereocenters. The SMILES string of the molecule is CCOc1ccc(/C(O)=C2/C(=O)C(=O)N(CCCOC)C2c2ccc(OC)c(O)c2)cc1C(C)C. The summed E-state index contributed by atoms with van der Waals surface area (Å²) in [5.41, 5.74) is 1.74. The zero-order valence-electron chi connectivity index (χ0n) is 20.8. The van der Waals surface area contributed by atoms with Gasteiger partial charge < -0.3 is 29.3 Å². The number of likely N-dealkylation sites (tertiary alicyclic amines) is 1. The van der Waals surface area contributed by atoms with Gasteiger partial charge >= 0.3 is 0 Å². The summed E-state index contributed by atoms with van der Waals surface area (Å²) >= 11 is 0. The van der Waals surface area contributed by atoms with Crippen LogP contribution in [-0.4, -0.2) is 60.8 Å². The Hall–Kier alpha value is -3.52. The summed E-state index contributed by atoms with van der Waals surface area (Å²) in [4.78, 5) is 27.6. The number of amides is 1. The highest BCUT2D eigenvalue weighted by Gasteiger charge is 2.46. The number of hydrogen-bond donors (Lipinski definition) is 2. The second kappa shape index (κ2) is 11.3. The molecule has 0 aromatic heterocycles. The fourth-order valence-electron chi connectivity index (χ4n) is 4.30. The van der Waals surface area contributed by atoms with Crippen molar-refractivity contribution in [3.05, 3.63) is 58.7 Å². The van der Waals surface area contributed by atoms with Gasteiger partial charge in [0.15, 0.2) is 11.5 Å². The van der Waals surface area contributed by atoms with Crippen LogP contribution < -0.4 is 9.47 Å². The first-order valence-electron chi connectivity index (χ1n) is 11.7. The zero-order valence-corrected chi connectivity index (χ0v) is 20.8. The van der Waals surface area contributed by atoms with Crippen molar-refractivity contribution in [3.63, 3.8) is 0 Å². The quantitative estimate of drug-likeness (QED) is 0.224. The first-order chi connectivity index (χ1) is 16.7. The number of benzene rings is 2. The van der Waals surface area contributed by atoms with Gasteiger partial charge in [0, 0.05) is 25.8 Å². The van der Waals surface area contributed by atoms with Crippen molar-refractivity contribution >= 4 is 17.4 Å². The average Bonchev–Trinajstić information content (AvgIpc) is 3.09. The number of Topliss-reactive ketones (excluding diaryl/α,β-unsaturated/α-hetero) is 1. The maximum Gasteiger partial charge on any atom is 0.295 e. The van der Waals surface area contributed by atoms with Gasteiger partial charge in [0.05, 0.1) is 25.3 Å². The van der Waals surface area contributed by atoms with Gasteiger partial charge in [-0.15, -0.1) is 0 Å². The van der Waals surface area contributed by atoms with Crippen LogP contribution in [0.4, 0.5) is 0 Å². The molecule has 1 aliphatic rings. The maximum atomic E-state index is 13.2. The van der Waals surface area contributed by atoms with Gasteiger partial charge in [-0.3, -0.25) is 9.59 Å². The van der Waals surface area contributed by atoms with Gasteiger partial charge in [0.2, 0.25) is 0 Å². The minimum atomic E-state index is -0.877. The second-order valence-corrected chi connectivity index (χ2v) is 8.61. The lowest BCUT2D eigenvalue weighted by Gasteiger charge is -2.25. The first kappa shape index (κ1) is 26.1. The topological polar surface area (TPSA) is 106 Å². The van der Waals surface area contributed by atoms with E-state index in [-0.39, 0.29) is 35.3 Å². The number of phenols is 1. The minimum absolute atomic E-state index is 0.0316. The predicted molar refractivity (Wildman–Crippen MR) is 132 cm³/mol. The molecule has 188 valence electrons. The van der Waals surface area contributed by atoms with Crippen LogP contribution >= 0.6 is 0 Å². The molecule has 8 heteroatoms. The van der Waals surface area contributed by atoms with Gasteiger partial charge in [-0.05, 0) is 60.7 Å². The van der Waals surface area contributed by atoms with E-state index >= 15 is 0 Å². The molecule has 0 aliphatic carbocycles. The van der Waals surface area contributed by atoms with Crippen molar-refractivity contribution in [2.75, 3.05) is 34.0 Å². The van der Waals surface area contributed by atoms with E-state index in [1.54, 1.807) is 37.4 Å². The van der Waals surface area contributed by atoms with Crippen molar-refractivity contribution in [1.29, 1.82) is 0 Å². The van der Waals surface area contributed by atoms with Crippen molar-refractivity contribution in [2.45, 2.75) is 39.2 Å². The van der Waals surface area contributed by atoms with Crippen molar-refractivity contribution in [1.82, 2.24) is 4.90 Å². The summed E-state index contributed by atoms with van der Waals surface area (Å²) < 4.78 is 16.0. The minimum Gasteiger partial charge on any atom is -0.507 e.